The van der Waals surface area contributed by atoms with Crippen LogP contribution in [0.4, 0.5) is 0 Å². The van der Waals surface area contributed by atoms with E-state index in [1.54, 1.807) is 15.8 Å². The predicted molar refractivity (Wildman–Crippen MR) is 99.7 cm³/mol. The summed E-state index contributed by atoms with van der Waals surface area (Å²) in [4.78, 5) is 14.3. The third-order valence-corrected chi connectivity index (χ3v) is 4.34. The van der Waals surface area contributed by atoms with E-state index in [1.807, 2.05) is 43.6 Å². The molecule has 1 heterocycles. The van der Waals surface area contributed by atoms with Crippen molar-refractivity contribution in [2.75, 3.05) is 7.05 Å². The molecule has 1 amide bonds. The van der Waals surface area contributed by atoms with Gasteiger partial charge in [0, 0.05) is 19.8 Å². The standard InChI is InChI=1S/C21H23N3O/c1-16-9-10-19(17(2)11-16)15-23(3)21(25)12-18-13-22-24(14-18)20-7-5-4-6-8-20/h4-11,13-14H,12,15H2,1-3H3. The van der Waals surface area contributed by atoms with E-state index in [-0.39, 0.29) is 5.91 Å². The number of para-hydroxylation sites is 1. The Morgan fingerprint density at radius 3 is 2.60 bits per heavy atom. The summed E-state index contributed by atoms with van der Waals surface area (Å²) in [6.45, 7) is 4.79. The molecule has 4 nitrogen and oxygen atoms in total. The molecule has 3 rings (SSSR count). The Balaban J connectivity index is 1.65. The zero-order valence-electron chi connectivity index (χ0n) is 14.9. The molecule has 3 aromatic rings. The monoisotopic (exact) mass is 333 g/mol. The summed E-state index contributed by atoms with van der Waals surface area (Å²) in [5.41, 5.74) is 5.55. The van der Waals surface area contributed by atoms with Crippen LogP contribution in [0.3, 0.4) is 0 Å². The number of benzene rings is 2. The van der Waals surface area contributed by atoms with E-state index >= 15 is 0 Å². The second kappa shape index (κ2) is 7.34. The van der Waals surface area contributed by atoms with Crippen molar-refractivity contribution in [3.63, 3.8) is 0 Å². The van der Waals surface area contributed by atoms with Crippen molar-refractivity contribution in [1.29, 1.82) is 0 Å². The maximum Gasteiger partial charge on any atom is 0.227 e. The number of nitrogens with zero attached hydrogens (tertiary/aromatic N) is 3. The summed E-state index contributed by atoms with van der Waals surface area (Å²) in [6.07, 6.45) is 4.03. The maximum absolute atomic E-state index is 12.5. The lowest BCUT2D eigenvalue weighted by atomic mass is 10.1. The van der Waals surface area contributed by atoms with E-state index in [4.69, 9.17) is 0 Å². The molecular formula is C21H23N3O. The van der Waals surface area contributed by atoms with E-state index in [9.17, 15) is 4.79 Å². The molecule has 4 heteroatoms. The van der Waals surface area contributed by atoms with Gasteiger partial charge >= 0.3 is 0 Å². The van der Waals surface area contributed by atoms with Crippen molar-refractivity contribution in [3.8, 4) is 5.69 Å². The van der Waals surface area contributed by atoms with Crippen molar-refractivity contribution in [1.82, 2.24) is 14.7 Å². The molecule has 0 aliphatic heterocycles. The fourth-order valence-corrected chi connectivity index (χ4v) is 2.85. The minimum absolute atomic E-state index is 0.0904. The molecule has 0 N–H and O–H groups in total. The first-order valence-corrected chi connectivity index (χ1v) is 8.42. The van der Waals surface area contributed by atoms with E-state index in [1.165, 1.54) is 16.7 Å². The lowest BCUT2D eigenvalue weighted by Crippen LogP contribution is -2.27. The van der Waals surface area contributed by atoms with E-state index in [0.717, 1.165) is 11.3 Å². The van der Waals surface area contributed by atoms with Crippen molar-refractivity contribution in [2.45, 2.75) is 26.8 Å². The molecule has 25 heavy (non-hydrogen) atoms. The Morgan fingerprint density at radius 1 is 1.12 bits per heavy atom. The second-order valence-corrected chi connectivity index (χ2v) is 6.49. The Kier molecular flexibility index (Phi) is 4.98. The van der Waals surface area contributed by atoms with Gasteiger partial charge in [0.1, 0.15) is 0 Å². The summed E-state index contributed by atoms with van der Waals surface area (Å²) in [7, 11) is 1.85. The predicted octanol–water partition coefficient (Wildman–Crippen LogP) is 3.69. The third kappa shape index (κ3) is 4.15. The highest BCUT2D eigenvalue weighted by Gasteiger charge is 2.13. The minimum atomic E-state index is 0.0904. The number of likely N-dealkylation sites (N-methyl/N-ethyl adjacent to an activating group) is 1. The van der Waals surface area contributed by atoms with Gasteiger partial charge in [-0.05, 0) is 42.7 Å². The SMILES string of the molecule is Cc1ccc(CN(C)C(=O)Cc2cnn(-c3ccccc3)c2)c(C)c1. The average Bonchev–Trinajstić information content (AvgIpc) is 3.06. The van der Waals surface area contributed by atoms with Crippen LogP contribution in [0.1, 0.15) is 22.3 Å². The van der Waals surface area contributed by atoms with Gasteiger partial charge < -0.3 is 4.90 Å². The van der Waals surface area contributed by atoms with E-state index in [0.29, 0.717) is 13.0 Å². The number of carbonyl (C=O) groups is 1. The number of amides is 1. The number of hydrogen-bond acceptors (Lipinski definition) is 2. The minimum Gasteiger partial charge on any atom is -0.341 e. The van der Waals surface area contributed by atoms with Crippen LogP contribution in [0.15, 0.2) is 60.9 Å². The zero-order chi connectivity index (χ0) is 17.8. The van der Waals surface area contributed by atoms with Crippen LogP contribution in [-0.2, 0) is 17.8 Å². The van der Waals surface area contributed by atoms with Crippen LogP contribution < -0.4 is 0 Å². The molecule has 0 saturated heterocycles. The average molecular weight is 333 g/mol. The third-order valence-electron chi connectivity index (χ3n) is 4.34. The van der Waals surface area contributed by atoms with Crippen LogP contribution in [0.2, 0.25) is 0 Å². The Bertz CT molecular complexity index is 868. The van der Waals surface area contributed by atoms with Crippen LogP contribution in [0.5, 0.6) is 0 Å². The number of carbonyl (C=O) groups excluding carboxylic acids is 1. The van der Waals surface area contributed by atoms with Gasteiger partial charge in [-0.25, -0.2) is 4.68 Å². The van der Waals surface area contributed by atoms with Gasteiger partial charge in [0.25, 0.3) is 0 Å². The van der Waals surface area contributed by atoms with Crippen molar-refractivity contribution in [3.05, 3.63) is 83.2 Å². The van der Waals surface area contributed by atoms with Crippen LogP contribution in [0.25, 0.3) is 5.69 Å². The number of rotatable bonds is 5. The number of hydrogen-bond donors (Lipinski definition) is 0. The molecule has 0 radical (unpaired) electrons. The molecule has 0 saturated carbocycles. The molecule has 0 aliphatic carbocycles. The van der Waals surface area contributed by atoms with Crippen LogP contribution in [-0.4, -0.2) is 27.6 Å². The molecule has 128 valence electrons. The molecule has 2 aromatic carbocycles. The van der Waals surface area contributed by atoms with Crippen molar-refractivity contribution in [2.24, 2.45) is 0 Å². The Morgan fingerprint density at radius 2 is 1.88 bits per heavy atom. The van der Waals surface area contributed by atoms with Crippen molar-refractivity contribution < 1.29 is 4.79 Å². The highest BCUT2D eigenvalue weighted by molar-refractivity contribution is 5.78. The zero-order valence-corrected chi connectivity index (χ0v) is 14.9. The first-order valence-electron chi connectivity index (χ1n) is 8.42. The molecule has 0 atom stereocenters. The summed E-state index contributed by atoms with van der Waals surface area (Å²) in [5, 5.41) is 4.35. The van der Waals surface area contributed by atoms with Gasteiger partial charge in [0.15, 0.2) is 0 Å². The van der Waals surface area contributed by atoms with Crippen LogP contribution >= 0.6 is 0 Å². The number of aryl methyl sites for hydroxylation is 2. The first kappa shape index (κ1) is 17.0. The summed E-state index contributed by atoms with van der Waals surface area (Å²) >= 11 is 0. The topological polar surface area (TPSA) is 38.1 Å². The summed E-state index contributed by atoms with van der Waals surface area (Å²) in [5.74, 6) is 0.0904. The van der Waals surface area contributed by atoms with E-state index < -0.39 is 0 Å². The van der Waals surface area contributed by atoms with Gasteiger partial charge in [-0.2, -0.15) is 5.10 Å². The van der Waals surface area contributed by atoms with Crippen LogP contribution in [0, 0.1) is 13.8 Å². The molecule has 0 aliphatic rings. The largest absolute Gasteiger partial charge is 0.341 e. The number of aromatic nitrogens is 2. The maximum atomic E-state index is 12.5. The van der Waals surface area contributed by atoms with Gasteiger partial charge in [-0.3, -0.25) is 4.79 Å². The molecule has 1 aromatic heterocycles. The van der Waals surface area contributed by atoms with E-state index in [2.05, 4.69) is 37.1 Å². The molecule has 0 unspecified atom stereocenters. The van der Waals surface area contributed by atoms with Crippen molar-refractivity contribution >= 4 is 5.91 Å². The first-order chi connectivity index (χ1) is 12.0. The van der Waals surface area contributed by atoms with Gasteiger partial charge in [0.05, 0.1) is 18.3 Å². The summed E-state index contributed by atoms with van der Waals surface area (Å²) < 4.78 is 1.80. The summed E-state index contributed by atoms with van der Waals surface area (Å²) in [6, 6.07) is 16.2. The highest BCUT2D eigenvalue weighted by atomic mass is 16.2. The second-order valence-electron chi connectivity index (χ2n) is 6.49. The fraction of sp³-hybridized carbons (Fsp3) is 0.238. The smallest absolute Gasteiger partial charge is 0.227 e. The van der Waals surface area contributed by atoms with Gasteiger partial charge in [0.2, 0.25) is 5.91 Å². The molecular weight excluding hydrogens is 310 g/mol. The van der Waals surface area contributed by atoms with Gasteiger partial charge in [-0.15, -0.1) is 0 Å². The quantitative estimate of drug-likeness (QED) is 0.714. The Labute approximate surface area is 148 Å². The molecule has 0 spiro atoms. The lowest BCUT2D eigenvalue weighted by molar-refractivity contribution is -0.129. The molecule has 0 fully saturated rings. The highest BCUT2D eigenvalue weighted by Crippen LogP contribution is 2.14. The lowest BCUT2D eigenvalue weighted by Gasteiger charge is -2.18. The fourth-order valence-electron chi connectivity index (χ4n) is 2.85. The normalized spacial score (nSPS) is 10.7. The van der Waals surface area contributed by atoms with Gasteiger partial charge in [-0.1, -0.05) is 42.0 Å². The Hall–Kier alpha value is -2.88. The molecule has 0 bridgehead atoms.